The van der Waals surface area contributed by atoms with Crippen molar-refractivity contribution >= 4 is 0 Å². The van der Waals surface area contributed by atoms with E-state index in [0.29, 0.717) is 6.07 Å². The molecule has 0 radical (unpaired) electrons. The normalized spacial score (nSPS) is 9.92. The van der Waals surface area contributed by atoms with E-state index in [4.69, 9.17) is 0 Å². The zero-order valence-corrected chi connectivity index (χ0v) is 6.19. The van der Waals surface area contributed by atoms with Crippen molar-refractivity contribution in [3.05, 3.63) is 29.8 Å². The minimum atomic E-state index is -0.816. The Balaban J connectivity index is 2.72. The second-order valence-corrected chi connectivity index (χ2v) is 2.11. The summed E-state index contributed by atoms with van der Waals surface area (Å²) >= 11 is 0. The van der Waals surface area contributed by atoms with Gasteiger partial charge >= 0.3 is 0 Å². The van der Waals surface area contributed by atoms with Crippen LogP contribution < -0.4 is 4.74 Å². The van der Waals surface area contributed by atoms with E-state index in [0.717, 1.165) is 12.1 Å². The highest BCUT2D eigenvalue weighted by molar-refractivity contribution is 5.24. The Bertz CT molecular complexity index is 262. The van der Waals surface area contributed by atoms with Gasteiger partial charge in [0.1, 0.15) is 19.1 Å². The third-order valence-corrected chi connectivity index (χ3v) is 1.23. The van der Waals surface area contributed by atoms with Crippen molar-refractivity contribution in [3.63, 3.8) is 0 Å². The fraction of sp³-hybridized carbons (Fsp3) is 0.250. The zero-order chi connectivity index (χ0) is 8.97. The SMILES string of the molecule is FCCOc1ccc(F)cc1F. The molecular formula is C8H7F3O. The van der Waals surface area contributed by atoms with Crippen molar-refractivity contribution in [2.75, 3.05) is 13.3 Å². The summed E-state index contributed by atoms with van der Waals surface area (Å²) in [4.78, 5) is 0. The highest BCUT2D eigenvalue weighted by Gasteiger charge is 2.03. The molecule has 1 nitrogen and oxygen atoms in total. The third-order valence-electron chi connectivity index (χ3n) is 1.23. The molecule has 0 unspecified atom stereocenters. The molecule has 0 atom stereocenters. The summed E-state index contributed by atoms with van der Waals surface area (Å²) < 4.78 is 41.2. The number of rotatable bonds is 3. The molecule has 0 saturated heterocycles. The van der Waals surface area contributed by atoms with Crippen LogP contribution in [-0.4, -0.2) is 13.3 Å². The first-order chi connectivity index (χ1) is 5.74. The standard InChI is InChI=1S/C8H7F3O/c9-3-4-12-8-2-1-6(10)5-7(8)11/h1-2,5H,3-4H2. The Hall–Kier alpha value is -1.19. The van der Waals surface area contributed by atoms with E-state index >= 15 is 0 Å². The topological polar surface area (TPSA) is 9.23 Å². The molecule has 12 heavy (non-hydrogen) atoms. The van der Waals surface area contributed by atoms with Crippen LogP contribution in [-0.2, 0) is 0 Å². The lowest BCUT2D eigenvalue weighted by Gasteiger charge is -2.03. The molecule has 0 aliphatic rings. The fourth-order valence-corrected chi connectivity index (χ4v) is 0.741. The third kappa shape index (κ3) is 2.15. The molecule has 0 spiro atoms. The first-order valence-corrected chi connectivity index (χ1v) is 3.38. The molecule has 1 aromatic rings. The summed E-state index contributed by atoms with van der Waals surface area (Å²) in [6.45, 7) is -0.917. The molecular weight excluding hydrogens is 169 g/mol. The molecule has 1 aromatic carbocycles. The largest absolute Gasteiger partial charge is 0.488 e. The molecule has 0 saturated carbocycles. The summed E-state index contributed by atoms with van der Waals surface area (Å²) in [5.74, 6) is -1.63. The predicted molar refractivity (Wildman–Crippen MR) is 37.8 cm³/mol. The predicted octanol–water partition coefficient (Wildman–Crippen LogP) is 2.31. The van der Waals surface area contributed by atoms with Gasteiger partial charge in [-0.2, -0.15) is 0 Å². The number of hydrogen-bond donors (Lipinski definition) is 0. The first kappa shape index (κ1) is 8.90. The fourth-order valence-electron chi connectivity index (χ4n) is 0.741. The highest BCUT2D eigenvalue weighted by Crippen LogP contribution is 2.17. The van der Waals surface area contributed by atoms with Gasteiger partial charge in [0.05, 0.1) is 0 Å². The highest BCUT2D eigenvalue weighted by atomic mass is 19.1. The van der Waals surface area contributed by atoms with E-state index in [1.807, 2.05) is 0 Å². The number of ether oxygens (including phenoxy) is 1. The lowest BCUT2D eigenvalue weighted by Crippen LogP contribution is -2.00. The van der Waals surface area contributed by atoms with E-state index in [2.05, 4.69) is 4.74 Å². The van der Waals surface area contributed by atoms with Gasteiger partial charge in [0, 0.05) is 6.07 Å². The Morgan fingerprint density at radius 3 is 2.58 bits per heavy atom. The van der Waals surface area contributed by atoms with Crippen molar-refractivity contribution in [2.24, 2.45) is 0 Å². The van der Waals surface area contributed by atoms with Crippen molar-refractivity contribution < 1.29 is 17.9 Å². The Labute approximate surface area is 67.8 Å². The maximum Gasteiger partial charge on any atom is 0.167 e. The molecule has 0 amide bonds. The molecule has 0 fully saturated rings. The molecule has 0 aromatic heterocycles. The van der Waals surface area contributed by atoms with Crippen molar-refractivity contribution in [1.82, 2.24) is 0 Å². The van der Waals surface area contributed by atoms with Crippen LogP contribution in [0.3, 0.4) is 0 Å². The van der Waals surface area contributed by atoms with Gasteiger partial charge in [-0.05, 0) is 12.1 Å². The molecule has 0 aliphatic heterocycles. The van der Waals surface area contributed by atoms with Crippen molar-refractivity contribution in [1.29, 1.82) is 0 Å². The molecule has 0 N–H and O–H groups in total. The van der Waals surface area contributed by atoms with Gasteiger partial charge in [0.25, 0.3) is 0 Å². The van der Waals surface area contributed by atoms with Gasteiger partial charge in [0.15, 0.2) is 11.6 Å². The minimum Gasteiger partial charge on any atom is -0.488 e. The van der Waals surface area contributed by atoms with Crippen molar-refractivity contribution in [2.45, 2.75) is 0 Å². The van der Waals surface area contributed by atoms with Crippen LogP contribution in [0.2, 0.25) is 0 Å². The van der Waals surface area contributed by atoms with Gasteiger partial charge < -0.3 is 4.74 Å². The summed E-state index contributed by atoms with van der Waals surface area (Å²) in [5.41, 5.74) is 0. The average molecular weight is 176 g/mol. The Morgan fingerprint density at radius 2 is 2.00 bits per heavy atom. The van der Waals surface area contributed by atoms with E-state index in [-0.39, 0.29) is 12.4 Å². The maximum absolute atomic E-state index is 12.7. The smallest absolute Gasteiger partial charge is 0.167 e. The van der Waals surface area contributed by atoms with E-state index in [1.165, 1.54) is 0 Å². The molecule has 66 valence electrons. The number of benzene rings is 1. The summed E-state index contributed by atoms with van der Waals surface area (Å²) in [5, 5.41) is 0. The van der Waals surface area contributed by atoms with Gasteiger partial charge in [-0.15, -0.1) is 0 Å². The van der Waals surface area contributed by atoms with E-state index in [1.54, 1.807) is 0 Å². The molecule has 0 bridgehead atoms. The van der Waals surface area contributed by atoms with Gasteiger partial charge in [-0.1, -0.05) is 0 Å². The van der Waals surface area contributed by atoms with Gasteiger partial charge in [-0.3, -0.25) is 0 Å². The lowest BCUT2D eigenvalue weighted by molar-refractivity contribution is 0.262. The van der Waals surface area contributed by atoms with E-state index in [9.17, 15) is 13.2 Å². The monoisotopic (exact) mass is 176 g/mol. The minimum absolute atomic E-state index is 0.131. The van der Waals surface area contributed by atoms with Crippen LogP contribution in [0.25, 0.3) is 0 Å². The summed E-state index contributed by atoms with van der Waals surface area (Å²) in [6, 6.07) is 2.87. The number of alkyl halides is 1. The Morgan fingerprint density at radius 1 is 1.25 bits per heavy atom. The average Bonchev–Trinajstić information content (AvgIpc) is 2.03. The van der Waals surface area contributed by atoms with Crippen LogP contribution in [0.4, 0.5) is 13.2 Å². The summed E-state index contributed by atoms with van der Waals surface area (Å²) in [6.07, 6.45) is 0. The second kappa shape index (κ2) is 3.99. The molecule has 4 heteroatoms. The van der Waals surface area contributed by atoms with Crippen molar-refractivity contribution in [3.8, 4) is 5.75 Å². The van der Waals surface area contributed by atoms with Gasteiger partial charge in [0.2, 0.25) is 0 Å². The van der Waals surface area contributed by atoms with Crippen LogP contribution in [0.1, 0.15) is 0 Å². The lowest BCUT2D eigenvalue weighted by atomic mass is 10.3. The van der Waals surface area contributed by atoms with Crippen LogP contribution in [0.15, 0.2) is 18.2 Å². The number of hydrogen-bond acceptors (Lipinski definition) is 1. The van der Waals surface area contributed by atoms with Gasteiger partial charge in [-0.25, -0.2) is 13.2 Å². The van der Waals surface area contributed by atoms with Crippen LogP contribution in [0, 0.1) is 11.6 Å². The molecule has 0 aliphatic carbocycles. The van der Waals surface area contributed by atoms with Crippen LogP contribution in [0.5, 0.6) is 5.75 Å². The quantitative estimate of drug-likeness (QED) is 0.686. The molecule has 1 rings (SSSR count). The summed E-state index contributed by atoms with van der Waals surface area (Å²) in [7, 11) is 0. The van der Waals surface area contributed by atoms with Crippen LogP contribution >= 0.6 is 0 Å². The number of halogens is 3. The maximum atomic E-state index is 12.7. The second-order valence-electron chi connectivity index (χ2n) is 2.11. The van der Waals surface area contributed by atoms with E-state index < -0.39 is 18.3 Å². The first-order valence-electron chi connectivity index (χ1n) is 3.38. The Kier molecular flexibility index (Phi) is 2.96. The zero-order valence-electron chi connectivity index (χ0n) is 6.19. The molecule has 0 heterocycles.